The molecule has 2 aromatic heterocycles. The van der Waals surface area contributed by atoms with Crippen LogP contribution in [-0.4, -0.2) is 41.9 Å². The number of anilines is 1. The highest BCUT2D eigenvalue weighted by Crippen LogP contribution is 2.29. The number of amides is 1. The number of aromatic nitrogens is 2. The van der Waals surface area contributed by atoms with Gasteiger partial charge in [-0.3, -0.25) is 14.3 Å². The maximum Gasteiger partial charge on any atom is 0.439 e. The molecule has 11 heteroatoms. The fraction of sp³-hybridized carbons (Fsp3) is 0.316. The van der Waals surface area contributed by atoms with Crippen LogP contribution in [0, 0.1) is 12.8 Å². The van der Waals surface area contributed by atoms with E-state index >= 15 is 0 Å². The van der Waals surface area contributed by atoms with Gasteiger partial charge in [-0.2, -0.15) is 4.31 Å². The number of nitrogens with one attached hydrogen (secondary N) is 2. The van der Waals surface area contributed by atoms with Crippen molar-refractivity contribution in [3.8, 4) is 11.4 Å². The lowest BCUT2D eigenvalue weighted by Crippen LogP contribution is -2.43. The van der Waals surface area contributed by atoms with Crippen molar-refractivity contribution in [1.29, 1.82) is 0 Å². The summed E-state index contributed by atoms with van der Waals surface area (Å²) in [7, 11) is -3.60. The fourth-order valence-electron chi connectivity index (χ4n) is 3.40. The molecule has 4 rings (SSSR count). The number of carbonyl (C=O) groups is 1. The summed E-state index contributed by atoms with van der Waals surface area (Å²) in [5, 5.41) is 6.47. The van der Waals surface area contributed by atoms with Crippen LogP contribution in [0.2, 0.25) is 0 Å². The van der Waals surface area contributed by atoms with Crippen molar-refractivity contribution >= 4 is 33.0 Å². The normalized spacial score (nSPS) is 17.7. The van der Waals surface area contributed by atoms with Gasteiger partial charge in [-0.15, -0.1) is 11.3 Å². The van der Waals surface area contributed by atoms with Gasteiger partial charge >= 0.3 is 5.76 Å². The molecular formula is C19H20N4O5S2. The first-order chi connectivity index (χ1) is 14.3. The zero-order valence-electron chi connectivity index (χ0n) is 16.1. The Hall–Kier alpha value is -2.76. The number of piperidine rings is 1. The van der Waals surface area contributed by atoms with Crippen LogP contribution in [0.4, 0.5) is 5.69 Å². The summed E-state index contributed by atoms with van der Waals surface area (Å²) >= 11 is 1.23. The van der Waals surface area contributed by atoms with E-state index < -0.39 is 21.7 Å². The number of sulfonamides is 1. The molecule has 1 aliphatic rings. The van der Waals surface area contributed by atoms with Crippen molar-refractivity contribution in [2.45, 2.75) is 24.0 Å². The van der Waals surface area contributed by atoms with Gasteiger partial charge in [0.2, 0.25) is 5.91 Å². The van der Waals surface area contributed by atoms with Gasteiger partial charge in [0.1, 0.15) is 4.21 Å². The minimum absolute atomic E-state index is 0.140. The molecule has 158 valence electrons. The number of aryl methyl sites for hydroxylation is 1. The summed E-state index contributed by atoms with van der Waals surface area (Å²) in [5.74, 6) is -1.10. The van der Waals surface area contributed by atoms with E-state index in [1.165, 1.54) is 15.6 Å². The highest BCUT2D eigenvalue weighted by atomic mass is 32.2. The third-order valence-corrected chi connectivity index (χ3v) is 8.24. The zero-order chi connectivity index (χ0) is 21.3. The molecule has 1 atom stereocenters. The number of hydrogen-bond donors (Lipinski definition) is 2. The molecule has 0 saturated carbocycles. The van der Waals surface area contributed by atoms with Crippen molar-refractivity contribution in [2.75, 3.05) is 18.4 Å². The monoisotopic (exact) mass is 448 g/mol. The van der Waals surface area contributed by atoms with Gasteiger partial charge in [0.15, 0.2) is 5.82 Å². The van der Waals surface area contributed by atoms with Gasteiger partial charge < -0.3 is 5.32 Å². The Morgan fingerprint density at radius 1 is 1.33 bits per heavy atom. The van der Waals surface area contributed by atoms with E-state index in [-0.39, 0.29) is 18.3 Å². The summed E-state index contributed by atoms with van der Waals surface area (Å²) in [4.78, 5) is 27.3. The third-order valence-electron chi connectivity index (χ3n) is 4.91. The Labute approximate surface area is 176 Å². The maximum absolute atomic E-state index is 12.9. The summed E-state index contributed by atoms with van der Waals surface area (Å²) < 4.78 is 32.0. The number of carbonyl (C=O) groups excluding carboxylic acids is 1. The van der Waals surface area contributed by atoms with E-state index in [1.54, 1.807) is 36.4 Å². The van der Waals surface area contributed by atoms with Gasteiger partial charge in [0.05, 0.1) is 5.92 Å². The van der Waals surface area contributed by atoms with Crippen LogP contribution in [0.5, 0.6) is 0 Å². The van der Waals surface area contributed by atoms with E-state index in [1.807, 2.05) is 6.92 Å². The van der Waals surface area contributed by atoms with E-state index in [0.717, 1.165) is 4.88 Å². The fourth-order valence-corrected chi connectivity index (χ4v) is 6.36. The topological polar surface area (TPSA) is 125 Å². The Balaban J connectivity index is 1.47. The number of nitrogens with zero attached hydrogens (tertiary/aromatic N) is 2. The Bertz CT molecular complexity index is 1230. The smallest absolute Gasteiger partial charge is 0.326 e. The predicted molar refractivity (Wildman–Crippen MR) is 112 cm³/mol. The largest absolute Gasteiger partial charge is 0.439 e. The number of rotatable bonds is 5. The first kappa shape index (κ1) is 20.5. The van der Waals surface area contributed by atoms with Crippen LogP contribution in [0.25, 0.3) is 11.4 Å². The lowest BCUT2D eigenvalue weighted by molar-refractivity contribution is -0.120. The second-order valence-corrected chi connectivity index (χ2v) is 10.5. The maximum atomic E-state index is 12.9. The minimum atomic E-state index is -3.60. The first-order valence-electron chi connectivity index (χ1n) is 9.37. The van der Waals surface area contributed by atoms with Crippen molar-refractivity contribution < 1.29 is 17.7 Å². The summed E-state index contributed by atoms with van der Waals surface area (Å²) in [6, 6.07) is 10.2. The van der Waals surface area contributed by atoms with Crippen LogP contribution in [0.15, 0.2) is 49.9 Å². The van der Waals surface area contributed by atoms with E-state index in [4.69, 9.17) is 0 Å². The van der Waals surface area contributed by atoms with Crippen LogP contribution >= 0.6 is 11.3 Å². The highest BCUT2D eigenvalue weighted by Gasteiger charge is 2.34. The molecule has 1 amide bonds. The van der Waals surface area contributed by atoms with Gasteiger partial charge in [0.25, 0.3) is 10.0 Å². The molecule has 0 bridgehead atoms. The SMILES string of the molecule is Cc1ccc(S(=O)(=O)N2CCCC(C(=O)Nc3cccc(-c4noc(=O)[nH]4)c3)C2)s1. The first-order valence-corrected chi connectivity index (χ1v) is 11.6. The molecule has 0 radical (unpaired) electrons. The van der Waals surface area contributed by atoms with Crippen LogP contribution < -0.4 is 11.1 Å². The van der Waals surface area contributed by atoms with Crippen LogP contribution in [-0.2, 0) is 14.8 Å². The molecule has 1 aromatic carbocycles. The Kier molecular flexibility index (Phi) is 5.58. The molecule has 2 N–H and O–H groups in total. The number of aromatic amines is 1. The van der Waals surface area contributed by atoms with E-state index in [0.29, 0.717) is 34.8 Å². The van der Waals surface area contributed by atoms with Gasteiger partial charge in [0, 0.05) is 29.2 Å². The average molecular weight is 449 g/mol. The van der Waals surface area contributed by atoms with Gasteiger partial charge in [-0.1, -0.05) is 17.3 Å². The van der Waals surface area contributed by atoms with Gasteiger partial charge in [-0.25, -0.2) is 13.2 Å². The third kappa shape index (κ3) is 4.23. The van der Waals surface area contributed by atoms with Crippen LogP contribution in [0.1, 0.15) is 17.7 Å². The average Bonchev–Trinajstić information content (AvgIpc) is 3.37. The predicted octanol–water partition coefficient (Wildman–Crippen LogP) is 2.44. The summed E-state index contributed by atoms with van der Waals surface area (Å²) in [6.07, 6.45) is 1.22. The molecule has 1 unspecified atom stereocenters. The van der Waals surface area contributed by atoms with E-state index in [9.17, 15) is 18.0 Å². The Morgan fingerprint density at radius 2 is 2.17 bits per heavy atom. The van der Waals surface area contributed by atoms with Crippen molar-refractivity contribution in [3.05, 3.63) is 51.8 Å². The van der Waals surface area contributed by atoms with Crippen molar-refractivity contribution in [2.24, 2.45) is 5.92 Å². The Morgan fingerprint density at radius 3 is 2.87 bits per heavy atom. The molecule has 0 aliphatic carbocycles. The standard InChI is InChI=1S/C19H20N4O5S2/c1-12-7-8-16(29-12)30(26,27)23-9-3-5-14(11-23)18(24)20-15-6-2-4-13(10-15)17-21-19(25)28-22-17/h2,4,6-8,10,14H,3,5,9,11H2,1H3,(H,20,24)(H,21,22,25). The van der Waals surface area contributed by atoms with Crippen molar-refractivity contribution in [3.63, 3.8) is 0 Å². The highest BCUT2D eigenvalue weighted by molar-refractivity contribution is 7.91. The molecule has 3 aromatic rings. The summed E-state index contributed by atoms with van der Waals surface area (Å²) in [6.45, 7) is 2.40. The molecule has 9 nitrogen and oxygen atoms in total. The minimum Gasteiger partial charge on any atom is -0.326 e. The van der Waals surface area contributed by atoms with Crippen molar-refractivity contribution in [1.82, 2.24) is 14.4 Å². The second-order valence-electron chi connectivity index (χ2n) is 7.08. The lowest BCUT2D eigenvalue weighted by atomic mass is 9.98. The molecular weight excluding hydrogens is 428 g/mol. The quantitative estimate of drug-likeness (QED) is 0.618. The summed E-state index contributed by atoms with van der Waals surface area (Å²) in [5.41, 5.74) is 1.11. The zero-order valence-corrected chi connectivity index (χ0v) is 17.8. The number of H-pyrrole nitrogens is 1. The molecule has 30 heavy (non-hydrogen) atoms. The molecule has 1 fully saturated rings. The van der Waals surface area contributed by atoms with E-state index in [2.05, 4.69) is 20.0 Å². The number of thiophene rings is 1. The number of hydrogen-bond acceptors (Lipinski definition) is 7. The molecule has 1 aliphatic heterocycles. The number of benzene rings is 1. The second kappa shape index (κ2) is 8.17. The van der Waals surface area contributed by atoms with Gasteiger partial charge in [-0.05, 0) is 44.0 Å². The molecule has 0 spiro atoms. The lowest BCUT2D eigenvalue weighted by Gasteiger charge is -2.30. The molecule has 1 saturated heterocycles. The molecule has 3 heterocycles. The van der Waals surface area contributed by atoms with Crippen LogP contribution in [0.3, 0.4) is 0 Å².